The lowest BCUT2D eigenvalue weighted by atomic mass is 10.1. The van der Waals surface area contributed by atoms with Gasteiger partial charge in [0, 0.05) is 16.8 Å². The van der Waals surface area contributed by atoms with Gasteiger partial charge in [-0.25, -0.2) is 4.98 Å². The van der Waals surface area contributed by atoms with Crippen LogP contribution in [0.5, 0.6) is 5.88 Å². The van der Waals surface area contributed by atoms with Gasteiger partial charge in [0.25, 0.3) is 0 Å². The van der Waals surface area contributed by atoms with Crippen molar-refractivity contribution in [2.45, 2.75) is 12.3 Å². The summed E-state index contributed by atoms with van der Waals surface area (Å²) in [5.74, 6) is 0.349. The summed E-state index contributed by atoms with van der Waals surface area (Å²) in [5.41, 5.74) is 8.96. The maximum absolute atomic E-state index is 12.7. The smallest absolute Gasteiger partial charge is 0.416 e. The van der Waals surface area contributed by atoms with Crippen molar-refractivity contribution in [2.75, 3.05) is 18.0 Å². The van der Waals surface area contributed by atoms with Gasteiger partial charge in [0.2, 0.25) is 5.88 Å². The molecule has 1 aromatic carbocycles. The maximum Gasteiger partial charge on any atom is 0.416 e. The van der Waals surface area contributed by atoms with E-state index in [0.29, 0.717) is 23.8 Å². The number of fused-ring (bicyclic) bond motifs is 1. The van der Waals surface area contributed by atoms with Crippen molar-refractivity contribution in [1.82, 2.24) is 4.98 Å². The Labute approximate surface area is 135 Å². The van der Waals surface area contributed by atoms with E-state index in [1.54, 1.807) is 23.2 Å². The van der Waals surface area contributed by atoms with Gasteiger partial charge in [-0.05, 0) is 41.9 Å². The molecule has 1 aromatic heterocycles. The topological polar surface area (TPSA) is 74.1 Å². The number of aromatic nitrogens is 1. The van der Waals surface area contributed by atoms with E-state index in [4.69, 9.17) is 10.3 Å². The third-order valence-electron chi connectivity index (χ3n) is 3.56. The van der Waals surface area contributed by atoms with Gasteiger partial charge >= 0.3 is 6.18 Å². The number of benzene rings is 1. The molecule has 0 radical (unpaired) electrons. The molecule has 0 spiro atoms. The normalized spacial score (nSPS) is 16.8. The first-order valence-corrected chi connectivity index (χ1v) is 7.06. The van der Waals surface area contributed by atoms with E-state index in [9.17, 15) is 13.2 Å². The minimum absolute atomic E-state index is 0.101. The first kappa shape index (κ1) is 15.9. The fourth-order valence-electron chi connectivity index (χ4n) is 2.47. The molecule has 3 rings (SSSR count). The Balaban J connectivity index is 1.94. The number of alkyl halides is 3. The zero-order valence-electron chi connectivity index (χ0n) is 12.3. The minimum Gasteiger partial charge on any atom is -0.471 e. The summed E-state index contributed by atoms with van der Waals surface area (Å²) < 4.78 is 43.8. The van der Waals surface area contributed by atoms with Crippen LogP contribution in [0.3, 0.4) is 0 Å². The number of pyridine rings is 1. The Morgan fingerprint density at radius 1 is 1.29 bits per heavy atom. The average Bonchev–Trinajstić information content (AvgIpc) is 2.58. The predicted molar refractivity (Wildman–Crippen MR) is 81.1 cm³/mol. The molecule has 1 unspecified atom stereocenters. The van der Waals surface area contributed by atoms with Gasteiger partial charge in [-0.3, -0.25) is 0 Å². The third-order valence-corrected chi connectivity index (χ3v) is 3.56. The van der Waals surface area contributed by atoms with Crippen molar-refractivity contribution in [3.05, 3.63) is 58.6 Å². The number of hydrogen-bond donors (Lipinski definition) is 0. The van der Waals surface area contributed by atoms with E-state index in [-0.39, 0.29) is 6.54 Å². The Morgan fingerprint density at radius 2 is 2.04 bits per heavy atom. The van der Waals surface area contributed by atoms with E-state index in [1.165, 1.54) is 12.1 Å². The van der Waals surface area contributed by atoms with Crippen LogP contribution >= 0.6 is 0 Å². The van der Waals surface area contributed by atoms with Crippen LogP contribution < -0.4 is 9.64 Å². The van der Waals surface area contributed by atoms with Crippen LogP contribution in [-0.2, 0) is 6.18 Å². The molecule has 2 heterocycles. The molecule has 0 bridgehead atoms. The second kappa shape index (κ2) is 6.29. The highest BCUT2D eigenvalue weighted by Crippen LogP contribution is 2.37. The molecule has 0 amide bonds. The number of azide groups is 1. The van der Waals surface area contributed by atoms with Gasteiger partial charge in [0.15, 0.2) is 0 Å². The molecule has 0 aliphatic carbocycles. The van der Waals surface area contributed by atoms with Gasteiger partial charge < -0.3 is 9.64 Å². The summed E-state index contributed by atoms with van der Waals surface area (Å²) in [7, 11) is 0. The minimum atomic E-state index is -4.38. The first-order valence-electron chi connectivity index (χ1n) is 7.06. The van der Waals surface area contributed by atoms with Crippen LogP contribution in [0.2, 0.25) is 0 Å². The van der Waals surface area contributed by atoms with Gasteiger partial charge in [-0.1, -0.05) is 5.11 Å². The summed E-state index contributed by atoms with van der Waals surface area (Å²) in [6, 6.07) is 8.34. The van der Waals surface area contributed by atoms with E-state index in [1.807, 2.05) is 0 Å². The summed E-state index contributed by atoms with van der Waals surface area (Å²) in [6.07, 6.45) is -3.27. The van der Waals surface area contributed by atoms with Crippen molar-refractivity contribution >= 4 is 11.4 Å². The van der Waals surface area contributed by atoms with Crippen LogP contribution in [0.4, 0.5) is 24.5 Å². The molecule has 0 fully saturated rings. The van der Waals surface area contributed by atoms with Crippen LogP contribution in [0.1, 0.15) is 5.56 Å². The molecule has 124 valence electrons. The average molecular weight is 335 g/mol. The van der Waals surface area contributed by atoms with Gasteiger partial charge in [0.1, 0.15) is 11.8 Å². The highest BCUT2D eigenvalue weighted by Gasteiger charge is 2.31. The zero-order valence-corrected chi connectivity index (χ0v) is 12.3. The Morgan fingerprint density at radius 3 is 2.71 bits per heavy atom. The molecule has 0 saturated heterocycles. The first-order chi connectivity index (χ1) is 11.5. The number of nitrogens with zero attached hydrogens (tertiary/aromatic N) is 5. The molecule has 0 saturated carbocycles. The summed E-state index contributed by atoms with van der Waals surface area (Å²) in [4.78, 5) is 8.63. The Bertz CT molecular complexity index is 771. The summed E-state index contributed by atoms with van der Waals surface area (Å²) in [5, 5.41) is 3.50. The second-order valence-electron chi connectivity index (χ2n) is 5.14. The fraction of sp³-hybridized carbons (Fsp3) is 0.267. The van der Waals surface area contributed by atoms with Crippen molar-refractivity contribution in [1.29, 1.82) is 0 Å². The molecular formula is C15H12F3N5O. The van der Waals surface area contributed by atoms with Gasteiger partial charge in [0.05, 0.1) is 18.7 Å². The lowest BCUT2D eigenvalue weighted by Gasteiger charge is -2.35. The van der Waals surface area contributed by atoms with E-state index in [0.717, 1.165) is 12.1 Å². The molecule has 6 nitrogen and oxygen atoms in total. The molecule has 9 heteroatoms. The lowest BCUT2D eigenvalue weighted by Crippen LogP contribution is -2.39. The van der Waals surface area contributed by atoms with Crippen LogP contribution in [0.25, 0.3) is 10.4 Å². The number of hydrogen-bond acceptors (Lipinski definition) is 4. The van der Waals surface area contributed by atoms with Crippen molar-refractivity contribution in [3.63, 3.8) is 0 Å². The molecular weight excluding hydrogens is 323 g/mol. The van der Waals surface area contributed by atoms with E-state index in [2.05, 4.69) is 15.0 Å². The predicted octanol–water partition coefficient (Wildman–Crippen LogP) is 4.31. The van der Waals surface area contributed by atoms with Crippen LogP contribution in [0.15, 0.2) is 47.7 Å². The summed E-state index contributed by atoms with van der Waals surface area (Å²) >= 11 is 0. The van der Waals surface area contributed by atoms with E-state index < -0.39 is 17.8 Å². The standard InChI is InChI=1S/C15H12F3N5O/c16-15(17,18)10-3-5-11(6-4-10)23-9-12(8-21-22-19)24-14-13(23)2-1-7-20-14/h1-7,12H,8-9H2. The van der Waals surface area contributed by atoms with Gasteiger partial charge in [-0.15, -0.1) is 0 Å². The molecule has 1 aliphatic heterocycles. The summed E-state index contributed by atoms with van der Waals surface area (Å²) in [6.45, 7) is 0.437. The number of anilines is 2. The molecule has 2 aromatic rings. The largest absolute Gasteiger partial charge is 0.471 e. The highest BCUT2D eigenvalue weighted by molar-refractivity contribution is 5.69. The molecule has 1 atom stereocenters. The third kappa shape index (κ3) is 3.21. The second-order valence-corrected chi connectivity index (χ2v) is 5.14. The fourth-order valence-corrected chi connectivity index (χ4v) is 2.47. The molecule has 24 heavy (non-hydrogen) atoms. The molecule has 0 N–H and O–H groups in total. The maximum atomic E-state index is 12.7. The van der Waals surface area contributed by atoms with Crippen molar-refractivity contribution < 1.29 is 17.9 Å². The number of rotatable bonds is 3. The number of ether oxygens (including phenoxy) is 1. The van der Waals surface area contributed by atoms with Crippen LogP contribution in [0, 0.1) is 0 Å². The quantitative estimate of drug-likeness (QED) is 0.476. The lowest BCUT2D eigenvalue weighted by molar-refractivity contribution is -0.137. The molecule has 1 aliphatic rings. The Kier molecular flexibility index (Phi) is 4.18. The van der Waals surface area contributed by atoms with Gasteiger partial charge in [-0.2, -0.15) is 13.2 Å². The van der Waals surface area contributed by atoms with Crippen LogP contribution in [-0.4, -0.2) is 24.2 Å². The highest BCUT2D eigenvalue weighted by atomic mass is 19.4. The monoisotopic (exact) mass is 335 g/mol. The van der Waals surface area contributed by atoms with E-state index >= 15 is 0 Å². The van der Waals surface area contributed by atoms with Crippen molar-refractivity contribution in [3.8, 4) is 5.88 Å². The Hall–Kier alpha value is -2.93. The number of halogens is 3. The van der Waals surface area contributed by atoms with Crippen molar-refractivity contribution in [2.24, 2.45) is 5.11 Å². The SMILES string of the molecule is [N-]=[N+]=NCC1CN(c2ccc(C(F)(F)F)cc2)c2cccnc2O1. The zero-order chi connectivity index (χ0) is 17.2.